The van der Waals surface area contributed by atoms with Gasteiger partial charge in [-0.2, -0.15) is 23.1 Å². The highest BCUT2D eigenvalue weighted by Gasteiger charge is 2.30. The fourth-order valence-corrected chi connectivity index (χ4v) is 4.25. The normalized spacial score (nSPS) is 15.9. The summed E-state index contributed by atoms with van der Waals surface area (Å²) in [7, 11) is 0. The van der Waals surface area contributed by atoms with Crippen molar-refractivity contribution < 1.29 is 42.1 Å². The second-order valence-corrected chi connectivity index (χ2v) is 11.0. The number of aliphatic carboxylic acids is 1. The van der Waals surface area contributed by atoms with Crippen LogP contribution in [0.25, 0.3) is 0 Å². The SMILES string of the molecule is CC1(C)CNC(=O)c2ccc(nc2)Nc2cc(nc(OCC(F)(F)F)n2)NCc2ccc(cc2)OCCCN(C(=O)C(=O)O)C1. The average Bonchev–Trinajstić information content (AvgIpc) is 2.99. The lowest BCUT2D eigenvalue weighted by atomic mass is 9.92. The number of nitrogens with one attached hydrogen (secondary N) is 3. The van der Waals surface area contributed by atoms with Crippen molar-refractivity contribution in [3.63, 3.8) is 0 Å². The Morgan fingerprint density at radius 1 is 1.07 bits per heavy atom. The Labute approximate surface area is 256 Å². The topological polar surface area (TPSA) is 168 Å². The minimum absolute atomic E-state index is 0.0663. The van der Waals surface area contributed by atoms with Crippen LogP contribution in [0.3, 0.4) is 0 Å². The number of hydrogen-bond acceptors (Lipinski definition) is 10. The predicted molar refractivity (Wildman–Crippen MR) is 155 cm³/mol. The van der Waals surface area contributed by atoms with Gasteiger partial charge in [0.25, 0.3) is 5.91 Å². The van der Waals surface area contributed by atoms with Gasteiger partial charge in [-0.3, -0.25) is 9.59 Å². The number of aromatic nitrogens is 3. The van der Waals surface area contributed by atoms with E-state index in [9.17, 15) is 32.7 Å². The van der Waals surface area contributed by atoms with Crippen LogP contribution in [0.5, 0.6) is 11.8 Å². The highest BCUT2D eigenvalue weighted by atomic mass is 19.4. The Balaban J connectivity index is 1.59. The summed E-state index contributed by atoms with van der Waals surface area (Å²) in [5, 5.41) is 18.0. The van der Waals surface area contributed by atoms with E-state index in [1.165, 1.54) is 29.3 Å². The fraction of sp³-hybridized carbons (Fsp3) is 0.379. The van der Waals surface area contributed by atoms with Crippen LogP contribution in [0, 0.1) is 5.41 Å². The molecule has 2 aromatic heterocycles. The molecule has 0 aliphatic carbocycles. The van der Waals surface area contributed by atoms with Gasteiger partial charge in [0.15, 0.2) is 6.61 Å². The summed E-state index contributed by atoms with van der Waals surface area (Å²) in [6, 6.07) is 11.0. The zero-order valence-electron chi connectivity index (χ0n) is 24.5. The number of amides is 2. The van der Waals surface area contributed by atoms with E-state index in [0.29, 0.717) is 12.2 Å². The van der Waals surface area contributed by atoms with Crippen LogP contribution in [0.4, 0.5) is 30.6 Å². The molecule has 0 saturated heterocycles. The number of nitrogens with zero attached hydrogens (tertiary/aromatic N) is 4. The maximum Gasteiger partial charge on any atom is 0.422 e. The molecule has 6 heterocycles. The third kappa shape index (κ3) is 10.2. The standard InChI is InChI=1S/C29H32F3N7O6/c1-28(2)15-35-24(40)19-6-9-21(34-14-19)36-23-12-22(37-27(38-23)45-17-29(30,31)32)33-13-18-4-7-20(8-5-18)44-11-3-10-39(16-28)25(41)26(42)43/h4-9,12,14H,3,10-11,13,15-17H2,1-2H3,(H,35,40)(H,42,43)(H2,33,34,36,37,38). The minimum Gasteiger partial charge on any atom is -0.494 e. The summed E-state index contributed by atoms with van der Waals surface area (Å²) >= 11 is 0. The molecule has 0 fully saturated rings. The van der Waals surface area contributed by atoms with Crippen LogP contribution >= 0.6 is 0 Å². The molecule has 240 valence electrons. The number of benzene rings is 1. The molecule has 6 bridgehead atoms. The van der Waals surface area contributed by atoms with Crippen LogP contribution in [0.15, 0.2) is 48.7 Å². The van der Waals surface area contributed by atoms with E-state index in [0.717, 1.165) is 5.56 Å². The van der Waals surface area contributed by atoms with Crippen LogP contribution < -0.4 is 25.4 Å². The number of carboxylic acid groups (broad SMARTS) is 1. The van der Waals surface area contributed by atoms with Gasteiger partial charge in [0, 0.05) is 38.4 Å². The number of anilines is 3. The largest absolute Gasteiger partial charge is 0.494 e. The molecule has 0 radical (unpaired) electrons. The number of hydrogen-bond donors (Lipinski definition) is 4. The first-order chi connectivity index (χ1) is 21.3. The third-order valence-electron chi connectivity index (χ3n) is 6.41. The summed E-state index contributed by atoms with van der Waals surface area (Å²) in [6.07, 6.45) is -2.94. The number of alkyl halides is 3. The van der Waals surface area contributed by atoms with E-state index in [1.807, 2.05) is 0 Å². The molecule has 4 aliphatic heterocycles. The second kappa shape index (κ2) is 14.1. The molecular formula is C29H32F3N7O6. The van der Waals surface area contributed by atoms with Gasteiger partial charge < -0.3 is 35.4 Å². The van der Waals surface area contributed by atoms with Gasteiger partial charge in [0.2, 0.25) is 0 Å². The first kappa shape index (κ1) is 32.8. The van der Waals surface area contributed by atoms with Gasteiger partial charge in [0.05, 0.1) is 12.2 Å². The van der Waals surface area contributed by atoms with Gasteiger partial charge in [0.1, 0.15) is 23.2 Å². The van der Waals surface area contributed by atoms with Crippen molar-refractivity contribution in [1.29, 1.82) is 0 Å². The first-order valence-corrected chi connectivity index (χ1v) is 13.8. The van der Waals surface area contributed by atoms with E-state index < -0.39 is 42.0 Å². The molecule has 3 aromatic rings. The van der Waals surface area contributed by atoms with Crippen molar-refractivity contribution >= 4 is 35.2 Å². The lowest BCUT2D eigenvalue weighted by molar-refractivity contribution is -0.156. The van der Waals surface area contributed by atoms with Crippen molar-refractivity contribution in [3.8, 4) is 11.8 Å². The summed E-state index contributed by atoms with van der Waals surface area (Å²) in [5.74, 6) is -2.02. The van der Waals surface area contributed by atoms with Gasteiger partial charge in [-0.1, -0.05) is 26.0 Å². The highest BCUT2D eigenvalue weighted by molar-refractivity contribution is 6.31. The zero-order chi connectivity index (χ0) is 32.6. The van der Waals surface area contributed by atoms with Crippen LogP contribution in [-0.2, 0) is 16.1 Å². The van der Waals surface area contributed by atoms with Crippen molar-refractivity contribution in [1.82, 2.24) is 25.2 Å². The Morgan fingerprint density at radius 2 is 1.80 bits per heavy atom. The van der Waals surface area contributed by atoms with Gasteiger partial charge >= 0.3 is 24.1 Å². The highest BCUT2D eigenvalue weighted by Crippen LogP contribution is 2.23. The zero-order valence-corrected chi connectivity index (χ0v) is 24.5. The molecule has 4 N–H and O–H groups in total. The van der Waals surface area contributed by atoms with Crippen LogP contribution in [0.2, 0.25) is 0 Å². The third-order valence-corrected chi connectivity index (χ3v) is 6.41. The molecule has 16 heteroatoms. The van der Waals surface area contributed by atoms with Gasteiger partial charge in [-0.05, 0) is 41.7 Å². The number of carboxylic acids is 1. The first-order valence-electron chi connectivity index (χ1n) is 13.8. The lowest BCUT2D eigenvalue weighted by Gasteiger charge is -2.32. The van der Waals surface area contributed by atoms with Crippen molar-refractivity contribution in [2.24, 2.45) is 5.41 Å². The Hall–Kier alpha value is -5.15. The average molecular weight is 632 g/mol. The molecule has 0 atom stereocenters. The van der Waals surface area contributed by atoms with E-state index in [2.05, 4.69) is 30.9 Å². The molecule has 0 saturated carbocycles. The minimum atomic E-state index is -4.59. The molecule has 13 nitrogen and oxygen atoms in total. The predicted octanol–water partition coefficient (Wildman–Crippen LogP) is 3.62. The van der Waals surface area contributed by atoms with E-state index in [1.54, 1.807) is 38.1 Å². The molecule has 7 rings (SSSR count). The number of carbonyl (C=O) groups is 3. The number of ether oxygens (including phenoxy) is 2. The van der Waals surface area contributed by atoms with Gasteiger partial charge in [-0.25, -0.2) is 9.78 Å². The monoisotopic (exact) mass is 631 g/mol. The molecule has 0 unspecified atom stereocenters. The smallest absolute Gasteiger partial charge is 0.422 e. The lowest BCUT2D eigenvalue weighted by Crippen LogP contribution is -2.47. The second-order valence-electron chi connectivity index (χ2n) is 11.0. The van der Waals surface area contributed by atoms with Crippen molar-refractivity contribution in [2.75, 3.05) is 43.5 Å². The number of halogens is 3. The maximum absolute atomic E-state index is 12.8. The maximum atomic E-state index is 12.8. The Kier molecular flexibility index (Phi) is 10.3. The number of pyridine rings is 1. The molecule has 2 amide bonds. The summed E-state index contributed by atoms with van der Waals surface area (Å²) in [6.45, 7) is 2.77. The Morgan fingerprint density at radius 3 is 2.47 bits per heavy atom. The molecule has 4 aliphatic rings. The summed E-state index contributed by atoms with van der Waals surface area (Å²) in [5.41, 5.74) is 0.329. The van der Waals surface area contributed by atoms with E-state index >= 15 is 0 Å². The summed E-state index contributed by atoms with van der Waals surface area (Å²) in [4.78, 5) is 50.2. The fourth-order valence-electron chi connectivity index (χ4n) is 4.25. The van der Waals surface area contributed by atoms with E-state index in [4.69, 9.17) is 9.47 Å². The summed E-state index contributed by atoms with van der Waals surface area (Å²) < 4.78 is 48.9. The number of carbonyl (C=O) groups excluding carboxylic acids is 2. The van der Waals surface area contributed by atoms with Crippen LogP contribution in [-0.4, -0.2) is 81.8 Å². The van der Waals surface area contributed by atoms with Crippen LogP contribution in [0.1, 0.15) is 36.2 Å². The number of rotatable bonds is 2. The molecule has 0 spiro atoms. The quantitative estimate of drug-likeness (QED) is 0.305. The van der Waals surface area contributed by atoms with Crippen molar-refractivity contribution in [3.05, 3.63) is 59.8 Å². The van der Waals surface area contributed by atoms with Gasteiger partial charge in [-0.15, -0.1) is 0 Å². The molecule has 45 heavy (non-hydrogen) atoms. The Bertz CT molecular complexity index is 1500. The molecule has 1 aromatic carbocycles. The van der Waals surface area contributed by atoms with Crippen molar-refractivity contribution in [2.45, 2.75) is 33.0 Å². The molecular weight excluding hydrogens is 599 g/mol. The van der Waals surface area contributed by atoms with E-state index in [-0.39, 0.29) is 55.8 Å².